The SMILES string of the molecule is CCC(CCO)Nc1cccc2c1cc(C)n2CC(F)(F)F.CO. The fourth-order valence-corrected chi connectivity index (χ4v) is 2.69. The Kier molecular flexibility index (Phi) is 7.57. The van der Waals surface area contributed by atoms with E-state index in [1.807, 2.05) is 13.0 Å². The molecule has 24 heavy (non-hydrogen) atoms. The van der Waals surface area contributed by atoms with Crippen molar-refractivity contribution in [2.75, 3.05) is 19.0 Å². The summed E-state index contributed by atoms with van der Waals surface area (Å²) in [5, 5.41) is 20.2. The first-order valence-electron chi connectivity index (χ1n) is 7.83. The summed E-state index contributed by atoms with van der Waals surface area (Å²) in [6.45, 7) is 2.78. The topological polar surface area (TPSA) is 57.4 Å². The van der Waals surface area contributed by atoms with Crippen LogP contribution in [0.15, 0.2) is 24.3 Å². The predicted molar refractivity (Wildman–Crippen MR) is 90.3 cm³/mol. The first-order chi connectivity index (χ1) is 11.4. The molecule has 0 fully saturated rings. The van der Waals surface area contributed by atoms with Crippen molar-refractivity contribution in [3.05, 3.63) is 30.0 Å². The molecule has 2 aromatic rings. The highest BCUT2D eigenvalue weighted by atomic mass is 19.4. The monoisotopic (exact) mass is 346 g/mol. The van der Waals surface area contributed by atoms with Crippen LogP contribution in [-0.4, -0.2) is 40.7 Å². The van der Waals surface area contributed by atoms with Gasteiger partial charge in [0.1, 0.15) is 6.54 Å². The second-order valence-electron chi connectivity index (χ2n) is 5.49. The summed E-state index contributed by atoms with van der Waals surface area (Å²) < 4.78 is 39.5. The number of nitrogens with zero attached hydrogens (tertiary/aromatic N) is 1. The summed E-state index contributed by atoms with van der Waals surface area (Å²) in [5.41, 5.74) is 1.96. The highest BCUT2D eigenvalue weighted by Crippen LogP contribution is 2.30. The Hall–Kier alpha value is -1.73. The molecule has 0 saturated heterocycles. The van der Waals surface area contributed by atoms with E-state index in [4.69, 9.17) is 10.2 Å². The van der Waals surface area contributed by atoms with Gasteiger partial charge in [-0.15, -0.1) is 0 Å². The van der Waals surface area contributed by atoms with Crippen LogP contribution in [0, 0.1) is 6.92 Å². The van der Waals surface area contributed by atoms with Crippen LogP contribution in [0.4, 0.5) is 18.9 Å². The van der Waals surface area contributed by atoms with Crippen molar-refractivity contribution in [3.63, 3.8) is 0 Å². The summed E-state index contributed by atoms with van der Waals surface area (Å²) in [4.78, 5) is 0. The molecule has 1 aromatic heterocycles. The van der Waals surface area contributed by atoms with E-state index in [9.17, 15) is 13.2 Å². The van der Waals surface area contributed by atoms with Gasteiger partial charge in [-0.3, -0.25) is 0 Å². The lowest BCUT2D eigenvalue weighted by Gasteiger charge is -2.18. The Balaban J connectivity index is 0.00000139. The second kappa shape index (κ2) is 8.94. The van der Waals surface area contributed by atoms with Gasteiger partial charge in [-0.25, -0.2) is 0 Å². The lowest BCUT2D eigenvalue weighted by molar-refractivity contribution is -0.140. The third-order valence-corrected chi connectivity index (χ3v) is 3.82. The van der Waals surface area contributed by atoms with Gasteiger partial charge in [0.25, 0.3) is 0 Å². The van der Waals surface area contributed by atoms with E-state index in [-0.39, 0.29) is 12.6 Å². The molecule has 1 unspecified atom stereocenters. The largest absolute Gasteiger partial charge is 0.406 e. The van der Waals surface area contributed by atoms with Crippen molar-refractivity contribution in [2.24, 2.45) is 0 Å². The van der Waals surface area contributed by atoms with Gasteiger partial charge >= 0.3 is 6.18 Å². The molecule has 0 amide bonds. The van der Waals surface area contributed by atoms with Crippen LogP contribution in [0.2, 0.25) is 0 Å². The first-order valence-corrected chi connectivity index (χ1v) is 7.83. The number of halogens is 3. The van der Waals surface area contributed by atoms with Crippen molar-refractivity contribution < 1.29 is 23.4 Å². The molecular formula is C17H25F3N2O2. The van der Waals surface area contributed by atoms with E-state index in [0.717, 1.165) is 24.6 Å². The third kappa shape index (κ3) is 5.14. The minimum absolute atomic E-state index is 0.0790. The lowest BCUT2D eigenvalue weighted by atomic mass is 10.1. The Morgan fingerprint density at radius 3 is 2.46 bits per heavy atom. The highest BCUT2D eigenvalue weighted by molar-refractivity contribution is 5.93. The standard InChI is InChI=1S/C16H21F3N2O.CH4O/c1-3-12(7-8-22)20-14-5-4-6-15-13(14)9-11(2)21(15)10-16(17,18)19;1-2/h4-6,9,12,20,22H,3,7-8,10H2,1-2H3;2H,1H3. The summed E-state index contributed by atoms with van der Waals surface area (Å²) in [6, 6.07) is 7.19. The van der Waals surface area contributed by atoms with Crippen molar-refractivity contribution >= 4 is 16.6 Å². The minimum Gasteiger partial charge on any atom is -0.400 e. The Morgan fingerprint density at radius 1 is 1.25 bits per heavy atom. The highest BCUT2D eigenvalue weighted by Gasteiger charge is 2.29. The molecule has 2 rings (SSSR count). The van der Waals surface area contributed by atoms with Gasteiger partial charge in [-0.2, -0.15) is 13.2 Å². The van der Waals surface area contributed by atoms with Crippen molar-refractivity contribution in [1.29, 1.82) is 0 Å². The Labute approximate surface area is 139 Å². The van der Waals surface area contributed by atoms with Gasteiger partial charge in [-0.05, 0) is 38.0 Å². The number of aryl methyl sites for hydroxylation is 1. The zero-order valence-electron chi connectivity index (χ0n) is 14.2. The molecule has 0 aliphatic heterocycles. The number of hydrogen-bond acceptors (Lipinski definition) is 3. The molecule has 0 saturated carbocycles. The van der Waals surface area contributed by atoms with Crippen LogP contribution in [0.25, 0.3) is 10.9 Å². The minimum atomic E-state index is -4.25. The smallest absolute Gasteiger partial charge is 0.400 e. The number of fused-ring (bicyclic) bond motifs is 1. The average molecular weight is 346 g/mol. The number of rotatable bonds is 6. The molecule has 0 radical (unpaired) electrons. The van der Waals surface area contributed by atoms with Crippen molar-refractivity contribution in [1.82, 2.24) is 4.57 Å². The van der Waals surface area contributed by atoms with E-state index >= 15 is 0 Å². The fraction of sp³-hybridized carbons (Fsp3) is 0.529. The van der Waals surface area contributed by atoms with Gasteiger partial charge in [0.2, 0.25) is 0 Å². The zero-order valence-corrected chi connectivity index (χ0v) is 14.2. The summed E-state index contributed by atoms with van der Waals surface area (Å²) in [7, 11) is 1.00. The van der Waals surface area contributed by atoms with Gasteiger partial charge in [0, 0.05) is 36.5 Å². The van der Waals surface area contributed by atoms with E-state index in [1.54, 1.807) is 25.1 Å². The number of anilines is 1. The number of aromatic nitrogens is 1. The maximum Gasteiger partial charge on any atom is 0.406 e. The van der Waals surface area contributed by atoms with Crippen LogP contribution >= 0.6 is 0 Å². The Morgan fingerprint density at radius 2 is 1.92 bits per heavy atom. The number of nitrogens with one attached hydrogen (secondary N) is 1. The van der Waals surface area contributed by atoms with Gasteiger partial charge in [0.15, 0.2) is 0 Å². The molecule has 0 bridgehead atoms. The van der Waals surface area contributed by atoms with Gasteiger partial charge in [0.05, 0.1) is 5.52 Å². The fourth-order valence-electron chi connectivity index (χ4n) is 2.69. The second-order valence-corrected chi connectivity index (χ2v) is 5.49. The summed E-state index contributed by atoms with van der Waals surface area (Å²) >= 11 is 0. The molecular weight excluding hydrogens is 321 g/mol. The van der Waals surface area contributed by atoms with E-state index in [0.29, 0.717) is 17.6 Å². The summed E-state index contributed by atoms with van der Waals surface area (Å²) in [5.74, 6) is 0. The molecule has 4 nitrogen and oxygen atoms in total. The van der Waals surface area contributed by atoms with Crippen LogP contribution in [-0.2, 0) is 6.54 Å². The van der Waals surface area contributed by atoms with Crippen LogP contribution in [0.5, 0.6) is 0 Å². The third-order valence-electron chi connectivity index (χ3n) is 3.82. The molecule has 0 aliphatic carbocycles. The molecule has 3 N–H and O–H groups in total. The first kappa shape index (κ1) is 20.3. The van der Waals surface area contributed by atoms with Crippen molar-refractivity contribution in [2.45, 2.75) is 45.5 Å². The van der Waals surface area contributed by atoms with Gasteiger partial charge in [-0.1, -0.05) is 13.0 Å². The quantitative estimate of drug-likeness (QED) is 0.748. The van der Waals surface area contributed by atoms with Crippen LogP contribution in [0.1, 0.15) is 25.5 Å². The predicted octanol–water partition coefficient (Wildman–Crippen LogP) is 3.69. The zero-order chi connectivity index (χ0) is 18.3. The summed E-state index contributed by atoms with van der Waals surface area (Å²) in [6.07, 6.45) is -2.81. The molecule has 7 heteroatoms. The Bertz CT molecular complexity index is 639. The number of alkyl halides is 3. The van der Waals surface area contributed by atoms with Gasteiger partial charge < -0.3 is 20.1 Å². The van der Waals surface area contributed by atoms with E-state index < -0.39 is 12.7 Å². The van der Waals surface area contributed by atoms with Crippen LogP contribution in [0.3, 0.4) is 0 Å². The number of aliphatic hydroxyl groups is 2. The average Bonchev–Trinajstić information content (AvgIpc) is 2.84. The maximum absolute atomic E-state index is 12.7. The van der Waals surface area contributed by atoms with E-state index in [1.165, 1.54) is 4.57 Å². The normalized spacial score (nSPS) is 12.7. The molecule has 1 atom stereocenters. The van der Waals surface area contributed by atoms with Crippen molar-refractivity contribution in [3.8, 4) is 0 Å². The lowest BCUT2D eigenvalue weighted by Crippen LogP contribution is -2.20. The van der Waals surface area contributed by atoms with E-state index in [2.05, 4.69) is 5.32 Å². The number of hydrogen-bond donors (Lipinski definition) is 3. The molecule has 1 aromatic carbocycles. The number of aliphatic hydroxyl groups excluding tert-OH is 2. The number of benzene rings is 1. The maximum atomic E-state index is 12.7. The van der Waals surface area contributed by atoms with Crippen LogP contribution < -0.4 is 5.32 Å². The molecule has 136 valence electrons. The molecule has 1 heterocycles. The molecule has 0 spiro atoms. The molecule has 0 aliphatic rings.